The van der Waals surface area contributed by atoms with Crippen molar-refractivity contribution in [1.82, 2.24) is 0 Å². The summed E-state index contributed by atoms with van der Waals surface area (Å²) in [7, 11) is 1.82. The summed E-state index contributed by atoms with van der Waals surface area (Å²) < 4.78 is 6.02. The summed E-state index contributed by atoms with van der Waals surface area (Å²) in [5, 5.41) is 10.4. The minimum Gasteiger partial charge on any atom is -0.427 e. The minimum absolute atomic E-state index is 0.166. The number of benzene rings is 2. The first-order chi connectivity index (χ1) is 12.7. The average molecular weight is 361 g/mol. The zero-order valence-corrected chi connectivity index (χ0v) is 17.0. The van der Waals surface area contributed by atoms with Gasteiger partial charge in [-0.3, -0.25) is 0 Å². The Morgan fingerprint density at radius 2 is 1.56 bits per heavy atom. The van der Waals surface area contributed by atoms with E-state index in [1.54, 1.807) is 13.8 Å². The second-order valence-corrected chi connectivity index (χ2v) is 9.30. The van der Waals surface area contributed by atoms with Crippen molar-refractivity contribution in [1.29, 1.82) is 0 Å². The smallest absolute Gasteiger partial charge is 0.330 e. The molecule has 3 heteroatoms. The van der Waals surface area contributed by atoms with Crippen LogP contribution in [0.1, 0.15) is 70.9 Å². The fourth-order valence-electron chi connectivity index (χ4n) is 4.60. The van der Waals surface area contributed by atoms with Crippen molar-refractivity contribution < 1.29 is 9.76 Å². The maximum atomic E-state index is 10.4. The molecule has 2 aliphatic carbocycles. The Hall–Kier alpha value is -1.58. The molecule has 0 aliphatic heterocycles. The van der Waals surface area contributed by atoms with Crippen LogP contribution < -0.4 is 5.46 Å². The Morgan fingerprint density at radius 1 is 0.889 bits per heavy atom. The van der Waals surface area contributed by atoms with Crippen molar-refractivity contribution in [3.05, 3.63) is 53.6 Å². The number of aliphatic hydroxyl groups is 1. The van der Waals surface area contributed by atoms with E-state index >= 15 is 0 Å². The van der Waals surface area contributed by atoms with Crippen molar-refractivity contribution in [3.8, 4) is 11.1 Å². The number of hydrogen-bond acceptors (Lipinski definition) is 2. The van der Waals surface area contributed by atoms with Gasteiger partial charge in [0.15, 0.2) is 0 Å². The second kappa shape index (κ2) is 6.50. The average Bonchev–Trinajstić information content (AvgIpc) is 2.90. The third kappa shape index (κ3) is 3.05. The Balaban J connectivity index is 1.70. The molecule has 0 amide bonds. The molecule has 0 atom stereocenters. The maximum Gasteiger partial charge on any atom is 0.330 e. The Morgan fingerprint density at radius 3 is 2.26 bits per heavy atom. The van der Waals surface area contributed by atoms with Crippen LogP contribution in [-0.4, -0.2) is 23.8 Å². The van der Waals surface area contributed by atoms with Gasteiger partial charge in [-0.2, -0.15) is 0 Å². The third-order valence-corrected chi connectivity index (χ3v) is 6.96. The Kier molecular flexibility index (Phi) is 4.52. The Bertz CT molecular complexity index is 842. The molecular formula is C24H30BO2. The van der Waals surface area contributed by atoms with E-state index in [1.165, 1.54) is 54.4 Å². The summed E-state index contributed by atoms with van der Waals surface area (Å²) in [6.07, 6.45) is 6.40. The van der Waals surface area contributed by atoms with Crippen molar-refractivity contribution in [3.63, 3.8) is 0 Å². The highest BCUT2D eigenvalue weighted by Gasteiger charge is 2.43. The van der Waals surface area contributed by atoms with Crippen LogP contribution in [0.3, 0.4) is 0 Å². The molecule has 0 bridgehead atoms. The quantitative estimate of drug-likeness (QED) is 0.798. The van der Waals surface area contributed by atoms with E-state index in [1.807, 2.05) is 21.3 Å². The number of hydrogen-bond donors (Lipinski definition) is 1. The highest BCUT2D eigenvalue weighted by atomic mass is 16.5. The first-order valence-electron chi connectivity index (χ1n) is 10.2. The summed E-state index contributed by atoms with van der Waals surface area (Å²) in [5.74, 6) is 0. The lowest BCUT2D eigenvalue weighted by atomic mass is 9.67. The normalized spacial score (nSPS) is 18.3. The molecule has 2 aromatic rings. The number of rotatable bonds is 4. The Labute approximate surface area is 164 Å². The van der Waals surface area contributed by atoms with E-state index in [-0.39, 0.29) is 5.41 Å². The summed E-state index contributed by atoms with van der Waals surface area (Å²) in [5.41, 5.74) is 5.42. The molecular weight excluding hydrogens is 331 g/mol. The molecule has 0 heterocycles. The standard InChI is InChI=1S/C24H30BO2/c1-22(2,26)23(3,4)27-25-17-12-13-19-18-10-6-7-11-20(18)24(21(19)16-17)14-8-5-9-15-24/h6-7,10-13,16,26H,5,8-9,14-15H2,1-4H3. The summed E-state index contributed by atoms with van der Waals surface area (Å²) in [4.78, 5) is 0. The van der Waals surface area contributed by atoms with E-state index < -0.39 is 11.2 Å². The van der Waals surface area contributed by atoms with Crippen molar-refractivity contribution >= 4 is 12.9 Å². The van der Waals surface area contributed by atoms with Gasteiger partial charge in [-0.1, -0.05) is 67.2 Å². The van der Waals surface area contributed by atoms with Crippen LogP contribution in [0.5, 0.6) is 0 Å². The zero-order valence-electron chi connectivity index (χ0n) is 17.0. The first kappa shape index (κ1) is 18.8. The van der Waals surface area contributed by atoms with Crippen molar-refractivity contribution in [2.24, 2.45) is 0 Å². The van der Waals surface area contributed by atoms with Crippen LogP contribution in [-0.2, 0) is 10.1 Å². The topological polar surface area (TPSA) is 29.5 Å². The molecule has 4 rings (SSSR count). The van der Waals surface area contributed by atoms with Gasteiger partial charge in [-0.25, -0.2) is 0 Å². The van der Waals surface area contributed by atoms with Gasteiger partial charge in [-0.15, -0.1) is 0 Å². The lowest BCUT2D eigenvalue weighted by molar-refractivity contribution is -0.0893. The van der Waals surface area contributed by atoms with Gasteiger partial charge in [0.2, 0.25) is 0 Å². The van der Waals surface area contributed by atoms with Gasteiger partial charge in [0.05, 0.1) is 11.2 Å². The lowest BCUT2D eigenvalue weighted by Gasteiger charge is -2.38. The molecule has 2 aliphatic rings. The lowest BCUT2D eigenvalue weighted by Crippen LogP contribution is -2.49. The predicted octanol–water partition coefficient (Wildman–Crippen LogP) is 4.73. The molecule has 141 valence electrons. The van der Waals surface area contributed by atoms with Gasteiger partial charge in [0.25, 0.3) is 0 Å². The monoisotopic (exact) mass is 361 g/mol. The van der Waals surface area contributed by atoms with Crippen LogP contribution >= 0.6 is 0 Å². The molecule has 0 unspecified atom stereocenters. The summed E-state index contributed by atoms with van der Waals surface area (Å²) in [6.45, 7) is 7.43. The molecule has 1 N–H and O–H groups in total. The molecule has 1 spiro atoms. The van der Waals surface area contributed by atoms with Crippen LogP contribution in [0.15, 0.2) is 42.5 Å². The third-order valence-electron chi connectivity index (χ3n) is 6.96. The van der Waals surface area contributed by atoms with Gasteiger partial charge < -0.3 is 9.76 Å². The molecule has 0 aromatic heterocycles. The van der Waals surface area contributed by atoms with Gasteiger partial charge in [0.1, 0.15) is 0 Å². The zero-order chi connectivity index (χ0) is 19.3. The van der Waals surface area contributed by atoms with E-state index in [2.05, 4.69) is 42.5 Å². The molecule has 1 saturated carbocycles. The maximum absolute atomic E-state index is 10.4. The fraction of sp³-hybridized carbons (Fsp3) is 0.500. The molecule has 1 radical (unpaired) electrons. The number of fused-ring (bicyclic) bond motifs is 5. The van der Waals surface area contributed by atoms with E-state index in [0.717, 1.165) is 5.46 Å². The van der Waals surface area contributed by atoms with Crippen LogP contribution in [0.25, 0.3) is 11.1 Å². The van der Waals surface area contributed by atoms with Crippen molar-refractivity contribution in [2.75, 3.05) is 0 Å². The first-order valence-corrected chi connectivity index (χ1v) is 10.2. The predicted molar refractivity (Wildman–Crippen MR) is 113 cm³/mol. The van der Waals surface area contributed by atoms with Gasteiger partial charge in [-0.05, 0) is 62.8 Å². The van der Waals surface area contributed by atoms with Crippen LogP contribution in [0.4, 0.5) is 0 Å². The van der Waals surface area contributed by atoms with Crippen LogP contribution in [0, 0.1) is 0 Å². The van der Waals surface area contributed by atoms with Gasteiger partial charge in [0, 0.05) is 5.41 Å². The SMILES string of the molecule is CC(C)(O)C(C)(C)O[B]c1ccc2c(c1)C1(CCCCC1)c1ccccc1-2. The van der Waals surface area contributed by atoms with Crippen molar-refractivity contribution in [2.45, 2.75) is 76.4 Å². The highest BCUT2D eigenvalue weighted by Crippen LogP contribution is 2.55. The van der Waals surface area contributed by atoms with Gasteiger partial charge >= 0.3 is 7.48 Å². The molecule has 2 nitrogen and oxygen atoms in total. The molecule has 1 fully saturated rings. The molecule has 2 aromatic carbocycles. The van der Waals surface area contributed by atoms with E-state index in [4.69, 9.17) is 4.65 Å². The minimum atomic E-state index is -0.916. The largest absolute Gasteiger partial charge is 0.427 e. The molecule has 27 heavy (non-hydrogen) atoms. The highest BCUT2D eigenvalue weighted by molar-refractivity contribution is 6.47. The molecule has 0 saturated heterocycles. The fourth-order valence-corrected chi connectivity index (χ4v) is 4.60. The summed E-state index contributed by atoms with van der Waals surface area (Å²) >= 11 is 0. The van der Waals surface area contributed by atoms with Crippen LogP contribution in [0.2, 0.25) is 0 Å². The van der Waals surface area contributed by atoms with E-state index in [0.29, 0.717) is 0 Å². The summed E-state index contributed by atoms with van der Waals surface area (Å²) in [6, 6.07) is 15.7. The van der Waals surface area contributed by atoms with E-state index in [9.17, 15) is 5.11 Å². The second-order valence-electron chi connectivity index (χ2n) is 9.30.